The van der Waals surface area contributed by atoms with Crippen molar-refractivity contribution in [2.45, 2.75) is 69.6 Å². The minimum atomic E-state index is -0.525. The van der Waals surface area contributed by atoms with E-state index < -0.39 is 5.54 Å². The molecule has 1 atom stereocenters. The van der Waals surface area contributed by atoms with Crippen molar-refractivity contribution in [3.05, 3.63) is 0 Å². The van der Waals surface area contributed by atoms with Gasteiger partial charge in [0, 0.05) is 5.25 Å². The lowest BCUT2D eigenvalue weighted by molar-refractivity contribution is -0.150. The smallest absolute Gasteiger partial charge is 0.326 e. The summed E-state index contributed by atoms with van der Waals surface area (Å²) < 4.78 is 5.14. The molecule has 1 aliphatic carbocycles. The van der Waals surface area contributed by atoms with Crippen LogP contribution in [0, 0.1) is 0 Å². The molecule has 0 saturated heterocycles. The summed E-state index contributed by atoms with van der Waals surface area (Å²) in [5.74, 6) is 1.03. The number of ether oxygens (including phenoxy) is 1. The van der Waals surface area contributed by atoms with E-state index in [1.165, 1.54) is 32.1 Å². The maximum atomic E-state index is 11.9. The number of hydrogen-bond acceptors (Lipinski definition) is 4. The summed E-state index contributed by atoms with van der Waals surface area (Å²) in [6, 6.07) is 0. The monoisotopic (exact) mass is 287 g/mol. The fourth-order valence-electron chi connectivity index (χ4n) is 2.53. The predicted octanol–water partition coefficient (Wildman–Crippen LogP) is 3.37. The summed E-state index contributed by atoms with van der Waals surface area (Å²) in [6.45, 7) is 4.25. The van der Waals surface area contributed by atoms with Gasteiger partial charge >= 0.3 is 5.97 Å². The van der Waals surface area contributed by atoms with Gasteiger partial charge < -0.3 is 10.1 Å². The fraction of sp³-hybridized carbons (Fsp3) is 0.933. The van der Waals surface area contributed by atoms with E-state index >= 15 is 0 Å². The van der Waals surface area contributed by atoms with Crippen molar-refractivity contribution in [2.24, 2.45) is 0 Å². The van der Waals surface area contributed by atoms with E-state index in [1.807, 2.05) is 20.9 Å². The Morgan fingerprint density at radius 1 is 1.37 bits per heavy atom. The second-order valence-corrected chi connectivity index (χ2v) is 6.95. The van der Waals surface area contributed by atoms with Crippen LogP contribution in [0.15, 0.2) is 0 Å². The second-order valence-electron chi connectivity index (χ2n) is 5.54. The molecule has 1 fully saturated rings. The Balaban J connectivity index is 2.23. The number of thioether (sulfide) groups is 1. The minimum Gasteiger partial charge on any atom is -0.465 e. The molecule has 0 radical (unpaired) electrons. The van der Waals surface area contributed by atoms with Crippen LogP contribution >= 0.6 is 11.8 Å². The quantitative estimate of drug-likeness (QED) is 0.549. The minimum absolute atomic E-state index is 0.125. The average molecular weight is 287 g/mol. The Morgan fingerprint density at radius 3 is 2.63 bits per heavy atom. The van der Waals surface area contributed by atoms with Crippen LogP contribution in [-0.2, 0) is 9.53 Å². The zero-order chi connectivity index (χ0) is 14.1. The molecule has 1 rings (SSSR count). The lowest BCUT2D eigenvalue weighted by atomic mass is 9.97. The first-order chi connectivity index (χ1) is 9.12. The van der Waals surface area contributed by atoms with Crippen molar-refractivity contribution in [1.82, 2.24) is 5.32 Å². The Kier molecular flexibility index (Phi) is 7.84. The average Bonchev–Trinajstić information content (AvgIpc) is 2.44. The first-order valence-corrected chi connectivity index (χ1v) is 8.65. The van der Waals surface area contributed by atoms with Crippen LogP contribution < -0.4 is 5.32 Å². The summed E-state index contributed by atoms with van der Waals surface area (Å²) >= 11 is 2.09. The summed E-state index contributed by atoms with van der Waals surface area (Å²) in [4.78, 5) is 11.9. The highest BCUT2D eigenvalue weighted by molar-refractivity contribution is 7.99. The molecule has 19 heavy (non-hydrogen) atoms. The van der Waals surface area contributed by atoms with Crippen LogP contribution in [0.4, 0.5) is 0 Å². The van der Waals surface area contributed by atoms with Gasteiger partial charge in [0.1, 0.15) is 5.54 Å². The maximum absolute atomic E-state index is 11.9. The van der Waals surface area contributed by atoms with E-state index in [0.29, 0.717) is 6.61 Å². The van der Waals surface area contributed by atoms with E-state index in [1.54, 1.807) is 0 Å². The van der Waals surface area contributed by atoms with E-state index in [0.717, 1.165) is 23.8 Å². The molecule has 0 aromatic rings. The number of likely N-dealkylation sites (N-methyl/N-ethyl adjacent to an activating group) is 1. The number of hydrogen-bond donors (Lipinski definition) is 1. The number of nitrogens with one attached hydrogen (secondary N) is 1. The van der Waals surface area contributed by atoms with Crippen molar-refractivity contribution in [2.75, 3.05) is 19.4 Å². The first-order valence-electron chi connectivity index (χ1n) is 7.60. The molecule has 112 valence electrons. The molecule has 1 unspecified atom stereocenters. The summed E-state index contributed by atoms with van der Waals surface area (Å²) in [5, 5.41) is 3.98. The Hall–Kier alpha value is -0.220. The zero-order valence-electron chi connectivity index (χ0n) is 12.7. The largest absolute Gasteiger partial charge is 0.465 e. The van der Waals surface area contributed by atoms with Crippen LogP contribution in [0.1, 0.15) is 58.8 Å². The van der Waals surface area contributed by atoms with Gasteiger partial charge in [-0.2, -0.15) is 11.8 Å². The standard InChI is InChI=1S/C15H29NO2S/c1-4-18-14(17)15(2,16-3)11-8-12-19-13-9-6-5-7-10-13/h13,16H,4-12H2,1-3H3. The van der Waals surface area contributed by atoms with E-state index in [4.69, 9.17) is 4.74 Å². The molecule has 1 N–H and O–H groups in total. The van der Waals surface area contributed by atoms with E-state index in [-0.39, 0.29) is 5.97 Å². The highest BCUT2D eigenvalue weighted by atomic mass is 32.2. The van der Waals surface area contributed by atoms with Gasteiger partial charge in [0.05, 0.1) is 6.61 Å². The Labute approximate surface area is 122 Å². The van der Waals surface area contributed by atoms with Gasteiger partial charge in [-0.1, -0.05) is 19.3 Å². The molecule has 0 aromatic carbocycles. The summed E-state index contributed by atoms with van der Waals surface area (Å²) in [7, 11) is 1.84. The molecule has 0 amide bonds. The van der Waals surface area contributed by atoms with Gasteiger partial charge in [0.25, 0.3) is 0 Å². The van der Waals surface area contributed by atoms with Crippen molar-refractivity contribution >= 4 is 17.7 Å². The SMILES string of the molecule is CCOC(=O)C(C)(CCCSC1CCCCC1)NC. The Morgan fingerprint density at radius 2 is 2.05 bits per heavy atom. The molecule has 3 nitrogen and oxygen atoms in total. The van der Waals surface area contributed by atoms with Crippen molar-refractivity contribution in [3.8, 4) is 0 Å². The molecule has 0 bridgehead atoms. The van der Waals surface area contributed by atoms with Gasteiger partial charge in [-0.25, -0.2) is 0 Å². The number of carbonyl (C=O) groups is 1. The molecular formula is C15H29NO2S. The number of carbonyl (C=O) groups excluding carboxylic acids is 1. The molecule has 0 spiro atoms. The fourth-order valence-corrected chi connectivity index (χ4v) is 3.84. The van der Waals surface area contributed by atoms with Gasteiger partial charge in [-0.05, 0) is 52.3 Å². The molecule has 0 aliphatic heterocycles. The molecule has 1 aliphatic rings. The van der Waals surface area contributed by atoms with Crippen molar-refractivity contribution in [3.63, 3.8) is 0 Å². The molecule has 0 heterocycles. The Bertz CT molecular complexity index is 267. The normalized spacial score (nSPS) is 19.9. The second kappa shape index (κ2) is 8.85. The lowest BCUT2D eigenvalue weighted by Crippen LogP contribution is -2.48. The number of esters is 1. The molecular weight excluding hydrogens is 258 g/mol. The summed E-state index contributed by atoms with van der Waals surface area (Å²) in [5.41, 5.74) is -0.525. The third-order valence-corrected chi connectivity index (χ3v) is 5.47. The van der Waals surface area contributed by atoms with Gasteiger partial charge in [0.2, 0.25) is 0 Å². The summed E-state index contributed by atoms with van der Waals surface area (Å²) in [6.07, 6.45) is 8.89. The molecule has 4 heteroatoms. The molecule has 0 aromatic heterocycles. The van der Waals surface area contributed by atoms with E-state index in [9.17, 15) is 4.79 Å². The zero-order valence-corrected chi connectivity index (χ0v) is 13.5. The topological polar surface area (TPSA) is 38.3 Å². The van der Waals surface area contributed by atoms with E-state index in [2.05, 4.69) is 17.1 Å². The molecule has 1 saturated carbocycles. The van der Waals surface area contributed by atoms with Gasteiger partial charge in [0.15, 0.2) is 0 Å². The van der Waals surface area contributed by atoms with Gasteiger partial charge in [-0.15, -0.1) is 0 Å². The van der Waals surface area contributed by atoms with Crippen molar-refractivity contribution in [1.29, 1.82) is 0 Å². The third-order valence-electron chi connectivity index (χ3n) is 4.00. The van der Waals surface area contributed by atoms with Crippen LogP contribution in [0.5, 0.6) is 0 Å². The highest BCUT2D eigenvalue weighted by Crippen LogP contribution is 2.29. The highest BCUT2D eigenvalue weighted by Gasteiger charge is 2.32. The predicted molar refractivity (Wildman–Crippen MR) is 82.7 cm³/mol. The number of rotatable bonds is 8. The van der Waals surface area contributed by atoms with Crippen LogP contribution in [0.2, 0.25) is 0 Å². The van der Waals surface area contributed by atoms with Crippen molar-refractivity contribution < 1.29 is 9.53 Å². The third kappa shape index (κ3) is 5.74. The van der Waals surface area contributed by atoms with Crippen LogP contribution in [0.25, 0.3) is 0 Å². The lowest BCUT2D eigenvalue weighted by Gasteiger charge is -2.27. The maximum Gasteiger partial charge on any atom is 0.326 e. The first kappa shape index (κ1) is 16.8. The van der Waals surface area contributed by atoms with Crippen LogP contribution in [-0.4, -0.2) is 36.2 Å². The van der Waals surface area contributed by atoms with Gasteiger partial charge in [-0.3, -0.25) is 4.79 Å². The van der Waals surface area contributed by atoms with Crippen LogP contribution in [0.3, 0.4) is 0 Å².